The van der Waals surface area contributed by atoms with Gasteiger partial charge >= 0.3 is 0 Å². The first-order chi connectivity index (χ1) is 13.9. The number of hydrogen-bond donors (Lipinski definition) is 0. The number of amides is 1. The number of para-hydroxylation sites is 2. The lowest BCUT2D eigenvalue weighted by atomic mass is 10.2. The van der Waals surface area contributed by atoms with Crippen molar-refractivity contribution in [1.82, 2.24) is 18.8 Å². The Balaban J connectivity index is 1.43. The number of sulfonamides is 1. The van der Waals surface area contributed by atoms with E-state index in [4.69, 9.17) is 9.47 Å². The fourth-order valence-electron chi connectivity index (χ4n) is 3.48. The Bertz CT molecular complexity index is 1000. The summed E-state index contributed by atoms with van der Waals surface area (Å²) in [6.07, 6.45) is 1.33. The predicted molar refractivity (Wildman–Crippen MR) is 104 cm³/mol. The maximum atomic E-state index is 12.9. The van der Waals surface area contributed by atoms with Crippen molar-refractivity contribution in [2.24, 2.45) is 7.05 Å². The van der Waals surface area contributed by atoms with E-state index in [1.165, 1.54) is 10.5 Å². The highest BCUT2D eigenvalue weighted by atomic mass is 32.2. The molecule has 2 aliphatic rings. The predicted octanol–water partition coefficient (Wildman–Crippen LogP) is 0.792. The molecule has 0 saturated carbocycles. The first-order valence-electron chi connectivity index (χ1n) is 9.53. The summed E-state index contributed by atoms with van der Waals surface area (Å²) in [5.41, 5.74) is 0. The van der Waals surface area contributed by atoms with Gasteiger partial charge in [-0.2, -0.15) is 4.31 Å². The highest BCUT2D eigenvalue weighted by Gasteiger charge is 2.34. The fourth-order valence-corrected chi connectivity index (χ4v) is 4.98. The number of nitrogens with zero attached hydrogens (tertiary/aromatic N) is 4. The summed E-state index contributed by atoms with van der Waals surface area (Å²) in [5, 5.41) is 0.0397. The zero-order valence-corrected chi connectivity index (χ0v) is 17.3. The second-order valence-electron chi connectivity index (χ2n) is 7.18. The summed E-state index contributed by atoms with van der Waals surface area (Å²) >= 11 is 0. The lowest BCUT2D eigenvalue weighted by Gasteiger charge is -2.30. The average Bonchev–Trinajstić information content (AvgIpc) is 2.93. The van der Waals surface area contributed by atoms with Crippen LogP contribution in [0.15, 0.2) is 35.5 Å². The number of aryl methyl sites for hydroxylation is 2. The minimum Gasteiger partial charge on any atom is -0.485 e. The maximum Gasteiger partial charge on any atom is 0.267 e. The van der Waals surface area contributed by atoms with Crippen LogP contribution in [0.3, 0.4) is 0 Å². The zero-order valence-electron chi connectivity index (χ0n) is 16.4. The van der Waals surface area contributed by atoms with E-state index in [1.54, 1.807) is 35.6 Å². The van der Waals surface area contributed by atoms with Crippen molar-refractivity contribution in [2.45, 2.75) is 24.5 Å². The molecule has 0 bridgehead atoms. The Labute approximate surface area is 169 Å². The Morgan fingerprint density at radius 2 is 1.90 bits per heavy atom. The molecule has 3 heterocycles. The molecule has 156 valence electrons. The minimum absolute atomic E-state index is 0.0397. The summed E-state index contributed by atoms with van der Waals surface area (Å²) < 4.78 is 40.4. The molecule has 0 N–H and O–H groups in total. The van der Waals surface area contributed by atoms with Crippen LogP contribution in [0.2, 0.25) is 0 Å². The minimum atomic E-state index is -3.69. The van der Waals surface area contributed by atoms with E-state index in [9.17, 15) is 13.2 Å². The Hall–Kier alpha value is -2.59. The van der Waals surface area contributed by atoms with Gasteiger partial charge in [-0.3, -0.25) is 4.79 Å². The summed E-state index contributed by atoms with van der Waals surface area (Å²) in [4.78, 5) is 18.7. The smallest absolute Gasteiger partial charge is 0.267 e. The lowest BCUT2D eigenvalue weighted by Crippen LogP contribution is -2.47. The largest absolute Gasteiger partial charge is 0.485 e. The third-order valence-electron chi connectivity index (χ3n) is 5.24. The topological polar surface area (TPSA) is 94.0 Å². The van der Waals surface area contributed by atoms with E-state index in [2.05, 4.69) is 4.98 Å². The van der Waals surface area contributed by atoms with E-state index in [-0.39, 0.29) is 24.1 Å². The summed E-state index contributed by atoms with van der Waals surface area (Å²) in [6.45, 7) is 3.22. The molecule has 1 aromatic carbocycles. The van der Waals surface area contributed by atoms with Gasteiger partial charge in [-0.05, 0) is 25.5 Å². The van der Waals surface area contributed by atoms with Gasteiger partial charge in [-0.25, -0.2) is 13.4 Å². The second kappa shape index (κ2) is 7.68. The van der Waals surface area contributed by atoms with Crippen molar-refractivity contribution in [3.8, 4) is 11.5 Å². The van der Waals surface area contributed by atoms with Gasteiger partial charge in [0.1, 0.15) is 12.4 Å². The van der Waals surface area contributed by atoms with Crippen molar-refractivity contribution in [2.75, 3.05) is 32.8 Å². The molecule has 0 unspecified atom stereocenters. The lowest BCUT2D eigenvalue weighted by molar-refractivity contribution is -0.141. The number of benzene rings is 1. The third-order valence-corrected chi connectivity index (χ3v) is 7.01. The molecule has 1 fully saturated rings. The fraction of sp³-hybridized carbons (Fsp3) is 0.474. The summed E-state index contributed by atoms with van der Waals surface area (Å²) in [5.74, 6) is 1.61. The number of rotatable bonds is 3. The van der Waals surface area contributed by atoms with Gasteiger partial charge in [-0.1, -0.05) is 12.1 Å². The molecule has 1 saturated heterocycles. The van der Waals surface area contributed by atoms with Gasteiger partial charge in [0.25, 0.3) is 15.9 Å². The van der Waals surface area contributed by atoms with E-state index >= 15 is 0 Å². The van der Waals surface area contributed by atoms with Crippen LogP contribution in [0.25, 0.3) is 0 Å². The third kappa shape index (κ3) is 3.82. The van der Waals surface area contributed by atoms with Gasteiger partial charge in [0.15, 0.2) is 16.5 Å². The first-order valence-corrected chi connectivity index (χ1v) is 11.0. The number of fused-ring (bicyclic) bond motifs is 1. The van der Waals surface area contributed by atoms with Crippen LogP contribution in [0.5, 0.6) is 11.5 Å². The monoisotopic (exact) mass is 420 g/mol. The molecule has 2 aromatic rings. The Morgan fingerprint density at radius 3 is 2.62 bits per heavy atom. The molecule has 1 atom stereocenters. The standard InChI is InChI=1S/C19H24N4O5S/c1-14-20-18(12-21(14)2)29(25,26)23-9-5-8-22(10-11-23)19(24)17-13-27-15-6-3-4-7-16(15)28-17/h3-4,6-7,12,17H,5,8-11,13H2,1-2H3/t17-/m0/s1. The maximum absolute atomic E-state index is 12.9. The van der Waals surface area contributed by atoms with Crippen LogP contribution in [0.1, 0.15) is 12.2 Å². The molecular formula is C19H24N4O5S. The van der Waals surface area contributed by atoms with Crippen LogP contribution in [-0.2, 0) is 21.9 Å². The van der Waals surface area contributed by atoms with Crippen molar-refractivity contribution in [3.63, 3.8) is 0 Å². The quantitative estimate of drug-likeness (QED) is 0.729. The van der Waals surface area contributed by atoms with E-state index in [1.807, 2.05) is 12.1 Å². The molecular weight excluding hydrogens is 396 g/mol. The molecule has 29 heavy (non-hydrogen) atoms. The van der Waals surface area contributed by atoms with E-state index < -0.39 is 16.1 Å². The van der Waals surface area contributed by atoms with Crippen LogP contribution in [0.4, 0.5) is 0 Å². The Morgan fingerprint density at radius 1 is 1.14 bits per heavy atom. The molecule has 2 aliphatic heterocycles. The van der Waals surface area contributed by atoms with E-state index in [0.29, 0.717) is 43.4 Å². The first kappa shape index (κ1) is 19.7. The SMILES string of the molecule is Cc1nc(S(=O)(=O)N2CCCN(C(=O)[C@@H]3COc4ccccc4O3)CC2)cn1C. The molecule has 0 radical (unpaired) electrons. The number of imidazole rings is 1. The number of carbonyl (C=O) groups excluding carboxylic acids is 1. The highest BCUT2D eigenvalue weighted by molar-refractivity contribution is 7.89. The summed E-state index contributed by atoms with van der Waals surface area (Å²) in [6, 6.07) is 7.23. The van der Waals surface area contributed by atoms with Gasteiger partial charge in [0.05, 0.1) is 0 Å². The van der Waals surface area contributed by atoms with Gasteiger partial charge in [0, 0.05) is 39.4 Å². The molecule has 0 aliphatic carbocycles. The molecule has 4 rings (SSSR count). The number of hydrogen-bond acceptors (Lipinski definition) is 6. The Kier molecular flexibility index (Phi) is 5.22. The van der Waals surface area contributed by atoms with Crippen molar-refractivity contribution in [1.29, 1.82) is 0 Å². The van der Waals surface area contributed by atoms with Crippen molar-refractivity contribution < 1.29 is 22.7 Å². The van der Waals surface area contributed by atoms with E-state index in [0.717, 1.165) is 0 Å². The van der Waals surface area contributed by atoms with Gasteiger partial charge in [-0.15, -0.1) is 0 Å². The number of carbonyl (C=O) groups is 1. The van der Waals surface area contributed by atoms with Gasteiger partial charge in [0.2, 0.25) is 6.10 Å². The van der Waals surface area contributed by atoms with Crippen molar-refractivity contribution in [3.05, 3.63) is 36.3 Å². The normalized spacial score (nSPS) is 20.3. The van der Waals surface area contributed by atoms with Crippen LogP contribution < -0.4 is 9.47 Å². The number of ether oxygens (including phenoxy) is 2. The molecule has 0 spiro atoms. The second-order valence-corrected chi connectivity index (χ2v) is 9.07. The van der Waals surface area contributed by atoms with Gasteiger partial charge < -0.3 is 18.9 Å². The van der Waals surface area contributed by atoms with Crippen LogP contribution >= 0.6 is 0 Å². The number of aromatic nitrogens is 2. The van der Waals surface area contributed by atoms with Crippen molar-refractivity contribution >= 4 is 15.9 Å². The molecule has 1 amide bonds. The highest BCUT2D eigenvalue weighted by Crippen LogP contribution is 2.31. The molecule has 10 heteroatoms. The molecule has 1 aromatic heterocycles. The van der Waals surface area contributed by atoms with Crippen LogP contribution in [-0.4, -0.2) is 72.0 Å². The van der Waals surface area contributed by atoms with Crippen LogP contribution in [0, 0.1) is 6.92 Å². The average molecular weight is 420 g/mol. The zero-order chi connectivity index (χ0) is 20.6. The summed E-state index contributed by atoms with van der Waals surface area (Å²) in [7, 11) is -1.94. The molecule has 9 nitrogen and oxygen atoms in total.